The van der Waals surface area contributed by atoms with E-state index in [1.54, 1.807) is 9.47 Å². The lowest BCUT2D eigenvalue weighted by atomic mass is 10.0. The van der Waals surface area contributed by atoms with Crippen molar-refractivity contribution in [3.63, 3.8) is 0 Å². The van der Waals surface area contributed by atoms with Crippen molar-refractivity contribution in [1.29, 1.82) is 5.26 Å². The lowest BCUT2D eigenvalue weighted by molar-refractivity contribution is -0.123. The molecule has 1 saturated carbocycles. The van der Waals surface area contributed by atoms with Crippen LogP contribution in [-0.2, 0) is 17.9 Å². The van der Waals surface area contributed by atoms with Crippen molar-refractivity contribution in [1.82, 2.24) is 14.4 Å². The fourth-order valence-electron chi connectivity index (χ4n) is 5.96. The Hall–Kier alpha value is -2.93. The predicted molar refractivity (Wildman–Crippen MR) is 162 cm³/mol. The topological polar surface area (TPSA) is 72.6 Å². The van der Waals surface area contributed by atoms with E-state index in [9.17, 15) is 14.9 Å². The molecule has 3 heterocycles. The molecule has 0 unspecified atom stereocenters. The maximum atomic E-state index is 13.6. The highest BCUT2D eigenvalue weighted by atomic mass is 32.2. The van der Waals surface area contributed by atoms with Crippen molar-refractivity contribution in [2.45, 2.75) is 65.1 Å². The van der Waals surface area contributed by atoms with Gasteiger partial charge < -0.3 is 4.90 Å². The number of aromatic nitrogens is 1. The third-order valence-corrected chi connectivity index (χ3v) is 9.33. The summed E-state index contributed by atoms with van der Waals surface area (Å²) in [7, 11) is 0. The Morgan fingerprint density at radius 2 is 1.79 bits per heavy atom. The molecule has 2 aromatic rings. The quantitative estimate of drug-likeness (QED) is 0.352. The van der Waals surface area contributed by atoms with E-state index in [0.717, 1.165) is 76.2 Å². The van der Waals surface area contributed by atoms with E-state index in [-0.39, 0.29) is 23.1 Å². The van der Waals surface area contributed by atoms with Crippen molar-refractivity contribution in [3.05, 3.63) is 67.8 Å². The van der Waals surface area contributed by atoms with Crippen molar-refractivity contribution in [2.24, 2.45) is 0 Å². The van der Waals surface area contributed by atoms with Crippen molar-refractivity contribution in [2.75, 3.05) is 31.1 Å². The van der Waals surface area contributed by atoms with Gasteiger partial charge in [-0.3, -0.25) is 24.0 Å². The minimum atomic E-state index is -0.255. The maximum Gasteiger partial charge on any atom is 0.270 e. The zero-order valence-electron chi connectivity index (χ0n) is 22.7. The molecular formula is C30H35N5O2S2. The summed E-state index contributed by atoms with van der Waals surface area (Å²) in [6.07, 6.45) is 6.86. The zero-order chi connectivity index (χ0) is 27.5. The fraction of sp³-hybridized carbons (Fsp3) is 0.467. The molecule has 0 spiro atoms. The van der Waals surface area contributed by atoms with Crippen LogP contribution in [0.4, 0.5) is 5.82 Å². The molecular weight excluding hydrogens is 526 g/mol. The fourth-order valence-corrected chi connectivity index (χ4v) is 7.35. The van der Waals surface area contributed by atoms with Gasteiger partial charge in [-0.05, 0) is 43.4 Å². The van der Waals surface area contributed by atoms with E-state index in [0.29, 0.717) is 21.3 Å². The first-order valence-electron chi connectivity index (χ1n) is 13.9. The number of nitrogens with zero attached hydrogens (tertiary/aromatic N) is 5. The second-order valence-electron chi connectivity index (χ2n) is 10.5. The Labute approximate surface area is 240 Å². The van der Waals surface area contributed by atoms with Gasteiger partial charge in [-0.25, -0.2) is 0 Å². The monoisotopic (exact) mass is 561 g/mol. The van der Waals surface area contributed by atoms with Crippen molar-refractivity contribution >= 4 is 46.1 Å². The summed E-state index contributed by atoms with van der Waals surface area (Å²) in [5.41, 5.74) is 2.58. The van der Waals surface area contributed by atoms with Gasteiger partial charge in [0.05, 0.1) is 4.91 Å². The van der Waals surface area contributed by atoms with Crippen LogP contribution in [0.15, 0.2) is 40.0 Å². The summed E-state index contributed by atoms with van der Waals surface area (Å²) in [5.74, 6) is 0.755. The van der Waals surface area contributed by atoms with Gasteiger partial charge in [0.2, 0.25) is 0 Å². The molecule has 0 bridgehead atoms. The average Bonchev–Trinajstić information content (AvgIpc) is 3.56. The number of nitriles is 1. The first-order valence-corrected chi connectivity index (χ1v) is 15.1. The summed E-state index contributed by atoms with van der Waals surface area (Å²) in [6, 6.07) is 12.8. The highest BCUT2D eigenvalue weighted by molar-refractivity contribution is 8.26. The largest absolute Gasteiger partial charge is 0.355 e. The Balaban J connectivity index is 1.51. The van der Waals surface area contributed by atoms with Gasteiger partial charge >= 0.3 is 0 Å². The van der Waals surface area contributed by atoms with Crippen LogP contribution in [0.2, 0.25) is 0 Å². The SMILES string of the molecule is CCCn1c(N2CCN(Cc3ccccc3)CC2)c(C=C2SC(=S)N(C3CCCC3)C2=O)c(C)c(C#N)c1=O. The molecule has 2 aliphatic heterocycles. The number of rotatable bonds is 7. The van der Waals surface area contributed by atoms with Crippen LogP contribution in [0.5, 0.6) is 0 Å². The minimum Gasteiger partial charge on any atom is -0.355 e. The molecule has 204 valence electrons. The molecule has 1 aromatic heterocycles. The van der Waals surface area contributed by atoms with Gasteiger partial charge in [-0.1, -0.05) is 74.1 Å². The second-order valence-corrected chi connectivity index (χ2v) is 12.2. The summed E-state index contributed by atoms with van der Waals surface area (Å²) in [4.78, 5) is 34.1. The average molecular weight is 562 g/mol. The Morgan fingerprint density at radius 1 is 1.10 bits per heavy atom. The van der Waals surface area contributed by atoms with Crippen molar-refractivity contribution < 1.29 is 4.79 Å². The summed E-state index contributed by atoms with van der Waals surface area (Å²) in [5, 5.41) is 9.93. The third kappa shape index (κ3) is 5.56. The number of thioether (sulfide) groups is 1. The van der Waals surface area contributed by atoms with Gasteiger partial charge in [0.25, 0.3) is 11.5 Å². The van der Waals surface area contributed by atoms with Crippen LogP contribution in [0.25, 0.3) is 6.08 Å². The molecule has 0 atom stereocenters. The molecule has 3 fully saturated rings. The number of anilines is 1. The number of amides is 1. The van der Waals surface area contributed by atoms with Crippen LogP contribution < -0.4 is 10.5 Å². The minimum absolute atomic E-state index is 0.0540. The molecule has 5 rings (SSSR count). The molecule has 1 aliphatic carbocycles. The number of hydrogen-bond donors (Lipinski definition) is 0. The number of carbonyl (C=O) groups is 1. The summed E-state index contributed by atoms with van der Waals surface area (Å²) < 4.78 is 2.36. The molecule has 3 aliphatic rings. The highest BCUT2D eigenvalue weighted by Crippen LogP contribution is 2.39. The Morgan fingerprint density at radius 3 is 2.44 bits per heavy atom. The van der Waals surface area contributed by atoms with Crippen LogP contribution in [0.1, 0.15) is 61.3 Å². The summed E-state index contributed by atoms with van der Waals surface area (Å²) >= 11 is 6.98. The molecule has 39 heavy (non-hydrogen) atoms. The van der Waals surface area contributed by atoms with E-state index in [2.05, 4.69) is 40.1 Å². The first-order chi connectivity index (χ1) is 18.9. The number of thiocarbonyl (C=S) groups is 1. The molecule has 1 amide bonds. The maximum absolute atomic E-state index is 13.6. The van der Waals surface area contributed by atoms with Crippen LogP contribution in [-0.4, -0.2) is 56.8 Å². The van der Waals surface area contributed by atoms with E-state index in [1.165, 1.54) is 17.3 Å². The first kappa shape index (κ1) is 27.6. The zero-order valence-corrected chi connectivity index (χ0v) is 24.3. The summed E-state index contributed by atoms with van der Waals surface area (Å²) in [6.45, 7) is 8.49. The van der Waals surface area contributed by atoms with E-state index in [1.807, 2.05) is 26.0 Å². The smallest absolute Gasteiger partial charge is 0.270 e. The van der Waals surface area contributed by atoms with Gasteiger partial charge in [0.15, 0.2) is 0 Å². The Kier molecular flexibility index (Phi) is 8.55. The van der Waals surface area contributed by atoms with Crippen LogP contribution >= 0.6 is 24.0 Å². The predicted octanol–water partition coefficient (Wildman–Crippen LogP) is 4.90. The van der Waals surface area contributed by atoms with E-state index < -0.39 is 0 Å². The molecule has 7 nitrogen and oxygen atoms in total. The molecule has 9 heteroatoms. The normalized spacial score (nSPS) is 19.9. The molecule has 1 aromatic carbocycles. The van der Waals surface area contributed by atoms with E-state index in [4.69, 9.17) is 12.2 Å². The van der Waals surface area contributed by atoms with Gasteiger partial charge in [0, 0.05) is 50.9 Å². The molecule has 2 saturated heterocycles. The van der Waals surface area contributed by atoms with Crippen molar-refractivity contribution in [3.8, 4) is 6.07 Å². The number of hydrogen-bond acceptors (Lipinski definition) is 7. The van der Waals surface area contributed by atoms with Gasteiger partial charge in [-0.15, -0.1) is 0 Å². The number of benzene rings is 1. The molecule has 0 radical (unpaired) electrons. The second kappa shape index (κ2) is 12.1. The standard InChI is InChI=1S/C30H35N5O2S2/c1-3-13-34-27(33-16-14-32(15-17-33)20-22-9-5-4-6-10-22)24(21(2)25(19-31)28(34)36)18-26-29(37)35(30(38)39-26)23-11-7-8-12-23/h4-6,9-10,18,23H,3,7-8,11-17,20H2,1-2H3. The number of piperazine rings is 1. The van der Waals surface area contributed by atoms with E-state index >= 15 is 0 Å². The highest BCUT2D eigenvalue weighted by Gasteiger charge is 2.38. The lowest BCUT2D eigenvalue weighted by Gasteiger charge is -2.38. The van der Waals surface area contributed by atoms with Gasteiger partial charge in [0.1, 0.15) is 21.8 Å². The third-order valence-electron chi connectivity index (χ3n) is 8.00. The Bertz CT molecular complexity index is 1380. The molecule has 0 N–H and O–H groups in total. The number of pyridine rings is 1. The van der Waals surface area contributed by atoms with Gasteiger partial charge in [-0.2, -0.15) is 5.26 Å². The number of carbonyl (C=O) groups excluding carboxylic acids is 1. The van der Waals surface area contributed by atoms with Crippen LogP contribution in [0.3, 0.4) is 0 Å². The van der Waals surface area contributed by atoms with Crippen LogP contribution in [0, 0.1) is 18.3 Å². The lowest BCUT2D eigenvalue weighted by Crippen LogP contribution is -2.48.